The molecule has 0 radical (unpaired) electrons. The van der Waals surface area contributed by atoms with E-state index in [9.17, 15) is 4.79 Å². The van der Waals surface area contributed by atoms with Crippen molar-refractivity contribution >= 4 is 28.1 Å². The van der Waals surface area contributed by atoms with E-state index in [2.05, 4.69) is 10.2 Å². The van der Waals surface area contributed by atoms with Gasteiger partial charge < -0.3 is 4.42 Å². The summed E-state index contributed by atoms with van der Waals surface area (Å²) in [5.41, 5.74) is 3.04. The van der Waals surface area contributed by atoms with E-state index in [4.69, 9.17) is 9.40 Å². The molecule has 0 amide bonds. The van der Waals surface area contributed by atoms with Crippen LogP contribution in [0.1, 0.15) is 40.6 Å². The molecule has 0 saturated carbocycles. The quantitative estimate of drug-likeness (QED) is 0.465. The van der Waals surface area contributed by atoms with E-state index in [0.29, 0.717) is 23.3 Å². The number of benzene rings is 1. The van der Waals surface area contributed by atoms with E-state index in [1.807, 2.05) is 30.3 Å². The maximum Gasteiger partial charge on any atom is 0.276 e. The predicted octanol–water partition coefficient (Wildman–Crippen LogP) is 3.90. The van der Waals surface area contributed by atoms with Crippen molar-refractivity contribution in [3.63, 3.8) is 0 Å². The van der Waals surface area contributed by atoms with Crippen molar-refractivity contribution < 1.29 is 4.42 Å². The lowest BCUT2D eigenvalue weighted by atomic mass is 10.0. The lowest BCUT2D eigenvalue weighted by Gasteiger charge is -2.09. The Morgan fingerprint density at radius 3 is 2.89 bits per heavy atom. The van der Waals surface area contributed by atoms with Crippen LogP contribution in [0.3, 0.4) is 0 Å². The molecule has 28 heavy (non-hydrogen) atoms. The number of fused-ring (bicyclic) bond motifs is 3. The second kappa shape index (κ2) is 7.52. The molecule has 0 atom stereocenters. The van der Waals surface area contributed by atoms with Gasteiger partial charge in [-0.05, 0) is 31.2 Å². The number of rotatable bonds is 5. The second-order valence-corrected chi connectivity index (χ2v) is 8.78. The van der Waals surface area contributed by atoms with Crippen LogP contribution >= 0.6 is 23.1 Å². The molecule has 0 fully saturated rings. The van der Waals surface area contributed by atoms with E-state index in [1.54, 1.807) is 21.8 Å². The molecular weight excluding hydrogens is 392 g/mol. The first kappa shape index (κ1) is 17.6. The Bertz CT molecular complexity index is 1180. The first-order chi connectivity index (χ1) is 13.8. The fourth-order valence-electron chi connectivity index (χ4n) is 3.49. The Balaban J connectivity index is 1.32. The summed E-state index contributed by atoms with van der Waals surface area (Å²) < 4.78 is 7.52. The van der Waals surface area contributed by atoms with Crippen LogP contribution in [0.5, 0.6) is 0 Å². The van der Waals surface area contributed by atoms with Crippen LogP contribution in [-0.2, 0) is 25.0 Å². The average molecular weight is 411 g/mol. The molecule has 1 aliphatic rings. The fraction of sp³-hybridized carbons (Fsp3) is 0.300. The maximum atomic E-state index is 12.6. The van der Waals surface area contributed by atoms with Gasteiger partial charge in [0.05, 0.1) is 12.1 Å². The number of aryl methyl sites for hydroxylation is 2. The van der Waals surface area contributed by atoms with Crippen molar-refractivity contribution in [1.82, 2.24) is 19.6 Å². The molecule has 6 nitrogen and oxygen atoms in total. The molecule has 1 aromatic carbocycles. The first-order valence-electron chi connectivity index (χ1n) is 9.28. The van der Waals surface area contributed by atoms with E-state index in [-0.39, 0.29) is 5.56 Å². The molecule has 0 saturated heterocycles. The third kappa shape index (κ3) is 3.49. The molecular formula is C20H18N4O2S2. The summed E-state index contributed by atoms with van der Waals surface area (Å²) in [5.74, 6) is 1.12. The fourth-order valence-corrected chi connectivity index (χ4v) is 5.40. The Hall–Kier alpha value is -2.45. The number of thioether (sulfide) groups is 1. The maximum absolute atomic E-state index is 12.6. The summed E-state index contributed by atoms with van der Waals surface area (Å²) in [6.45, 7) is 0. The summed E-state index contributed by atoms with van der Waals surface area (Å²) in [7, 11) is 0. The Kier molecular flexibility index (Phi) is 4.74. The van der Waals surface area contributed by atoms with Crippen LogP contribution in [0.25, 0.3) is 4.96 Å². The standard InChI is InChI=1S/C20H18N4O2S2/c25-18-11-14(21-19-24(18)15-8-4-5-9-16(15)28-19)12-27-20-23-22-17(26-20)10-13-6-2-1-3-7-13/h1-3,6-7,11H,4-5,8-10,12H2. The average Bonchev–Trinajstić information content (AvgIpc) is 3.31. The van der Waals surface area contributed by atoms with Gasteiger partial charge in [0.25, 0.3) is 10.8 Å². The van der Waals surface area contributed by atoms with Gasteiger partial charge in [0, 0.05) is 22.4 Å². The molecule has 5 rings (SSSR count). The number of hydrogen-bond acceptors (Lipinski definition) is 7. The van der Waals surface area contributed by atoms with E-state index in [1.165, 1.54) is 23.1 Å². The van der Waals surface area contributed by atoms with Gasteiger partial charge in [0.1, 0.15) is 0 Å². The van der Waals surface area contributed by atoms with Gasteiger partial charge in [-0.1, -0.05) is 42.1 Å². The van der Waals surface area contributed by atoms with Crippen LogP contribution in [0, 0.1) is 0 Å². The van der Waals surface area contributed by atoms with Crippen molar-refractivity contribution in [3.05, 3.63) is 74.5 Å². The normalized spacial score (nSPS) is 13.7. The van der Waals surface area contributed by atoms with Gasteiger partial charge in [0.15, 0.2) is 4.96 Å². The molecule has 1 aliphatic carbocycles. The third-order valence-electron chi connectivity index (χ3n) is 4.80. The number of aromatic nitrogens is 4. The minimum absolute atomic E-state index is 0.00953. The first-order valence-corrected chi connectivity index (χ1v) is 11.1. The van der Waals surface area contributed by atoms with Gasteiger partial charge in [-0.25, -0.2) is 4.98 Å². The lowest BCUT2D eigenvalue weighted by molar-refractivity contribution is 0.420. The van der Waals surface area contributed by atoms with Gasteiger partial charge in [-0.3, -0.25) is 9.20 Å². The van der Waals surface area contributed by atoms with Gasteiger partial charge in [-0.2, -0.15) is 0 Å². The Labute approximate surface area is 169 Å². The Morgan fingerprint density at radius 2 is 2.00 bits per heavy atom. The molecule has 3 aromatic heterocycles. The summed E-state index contributed by atoms with van der Waals surface area (Å²) in [6.07, 6.45) is 4.97. The second-order valence-electron chi connectivity index (χ2n) is 6.80. The highest BCUT2D eigenvalue weighted by atomic mass is 32.2. The third-order valence-corrected chi connectivity index (χ3v) is 6.80. The van der Waals surface area contributed by atoms with Crippen molar-refractivity contribution in [2.75, 3.05) is 0 Å². The summed E-state index contributed by atoms with van der Waals surface area (Å²) >= 11 is 3.06. The van der Waals surface area contributed by atoms with Crippen LogP contribution < -0.4 is 5.56 Å². The van der Waals surface area contributed by atoms with Gasteiger partial charge in [0.2, 0.25) is 5.89 Å². The summed E-state index contributed by atoms with van der Waals surface area (Å²) in [5, 5.41) is 8.72. The highest BCUT2D eigenvalue weighted by Crippen LogP contribution is 2.29. The molecule has 0 bridgehead atoms. The van der Waals surface area contributed by atoms with Crippen molar-refractivity contribution in [2.45, 2.75) is 43.1 Å². The molecule has 0 spiro atoms. The largest absolute Gasteiger partial charge is 0.416 e. The highest BCUT2D eigenvalue weighted by molar-refractivity contribution is 7.98. The van der Waals surface area contributed by atoms with E-state index < -0.39 is 0 Å². The number of hydrogen-bond donors (Lipinski definition) is 0. The smallest absolute Gasteiger partial charge is 0.276 e. The molecule has 0 aliphatic heterocycles. The molecule has 142 valence electrons. The van der Waals surface area contributed by atoms with Crippen molar-refractivity contribution in [1.29, 1.82) is 0 Å². The number of nitrogens with zero attached hydrogens (tertiary/aromatic N) is 4. The van der Waals surface area contributed by atoms with E-state index >= 15 is 0 Å². The minimum atomic E-state index is 0.00953. The predicted molar refractivity (Wildman–Crippen MR) is 109 cm³/mol. The highest BCUT2D eigenvalue weighted by Gasteiger charge is 2.18. The topological polar surface area (TPSA) is 73.3 Å². The zero-order chi connectivity index (χ0) is 18.9. The zero-order valence-electron chi connectivity index (χ0n) is 15.1. The van der Waals surface area contributed by atoms with Crippen LogP contribution in [0.4, 0.5) is 0 Å². The SMILES string of the molecule is O=c1cc(CSc2nnc(Cc3ccccc3)o2)nc2sc3c(n12)CCCC3. The lowest BCUT2D eigenvalue weighted by Crippen LogP contribution is -2.17. The van der Waals surface area contributed by atoms with Crippen LogP contribution in [-0.4, -0.2) is 19.6 Å². The molecule has 0 unspecified atom stereocenters. The molecule has 0 N–H and O–H groups in total. The monoisotopic (exact) mass is 410 g/mol. The number of thiazole rings is 1. The summed E-state index contributed by atoms with van der Waals surface area (Å²) in [4.78, 5) is 19.4. The van der Waals surface area contributed by atoms with Gasteiger partial charge in [-0.15, -0.1) is 21.5 Å². The van der Waals surface area contributed by atoms with Crippen LogP contribution in [0.2, 0.25) is 0 Å². The zero-order valence-corrected chi connectivity index (χ0v) is 16.8. The van der Waals surface area contributed by atoms with Crippen LogP contribution in [0.15, 0.2) is 50.8 Å². The van der Waals surface area contributed by atoms with Crippen molar-refractivity contribution in [3.8, 4) is 0 Å². The minimum Gasteiger partial charge on any atom is -0.416 e. The molecule has 3 heterocycles. The summed E-state index contributed by atoms with van der Waals surface area (Å²) in [6, 6.07) is 11.7. The van der Waals surface area contributed by atoms with Crippen molar-refractivity contribution in [2.24, 2.45) is 0 Å². The Morgan fingerprint density at radius 1 is 1.14 bits per heavy atom. The van der Waals surface area contributed by atoms with Gasteiger partial charge >= 0.3 is 0 Å². The molecule has 8 heteroatoms. The van der Waals surface area contributed by atoms with E-state index in [0.717, 1.165) is 41.2 Å². The molecule has 4 aromatic rings.